The predicted molar refractivity (Wildman–Crippen MR) is 61.9 cm³/mol. The summed E-state index contributed by atoms with van der Waals surface area (Å²) in [6, 6.07) is 9.81. The summed E-state index contributed by atoms with van der Waals surface area (Å²) in [5.41, 5.74) is 0.442. The number of fused-ring (bicyclic) bond motifs is 1. The van der Waals surface area contributed by atoms with Crippen molar-refractivity contribution in [3.63, 3.8) is 0 Å². The van der Waals surface area contributed by atoms with Crippen molar-refractivity contribution in [2.45, 2.75) is 4.90 Å². The Kier molecular flexibility index (Phi) is 2.52. The molecule has 0 atom stereocenters. The van der Waals surface area contributed by atoms with Crippen molar-refractivity contribution in [2.24, 2.45) is 0 Å². The number of hydrogen-bond donors (Lipinski definition) is 0. The van der Waals surface area contributed by atoms with E-state index in [1.807, 2.05) is 6.29 Å². The average molecular weight is 233 g/mol. The fourth-order valence-corrected chi connectivity index (χ4v) is 2.24. The van der Waals surface area contributed by atoms with Crippen LogP contribution in [0.15, 0.2) is 41.3 Å². The molecule has 2 aromatic carbocycles. The Hall–Kier alpha value is -1.68. The van der Waals surface area contributed by atoms with Gasteiger partial charge in [0, 0.05) is 11.8 Å². The van der Waals surface area contributed by atoms with Gasteiger partial charge >= 0.3 is 0 Å². The quantitative estimate of drug-likeness (QED) is 0.793. The third-order valence-corrected chi connectivity index (χ3v) is 3.50. The lowest BCUT2D eigenvalue weighted by molar-refractivity contribution is 0.563. The minimum Gasteiger partial charge on any atom is -0.285 e. The fraction of sp³-hybridized carbons (Fsp3) is 0.0833. The summed E-state index contributed by atoms with van der Waals surface area (Å²) in [7, 11) is -3.21. The Morgan fingerprint density at radius 3 is 2.50 bits per heavy atom. The summed E-state index contributed by atoms with van der Waals surface area (Å²) in [6.45, 7) is 0. The highest BCUT2D eigenvalue weighted by molar-refractivity contribution is 7.90. The molecule has 2 rings (SSSR count). The topological polar surface area (TPSA) is 51.2 Å². The van der Waals surface area contributed by atoms with Crippen LogP contribution in [0.25, 0.3) is 10.8 Å². The molecule has 3 nitrogen and oxygen atoms in total. The van der Waals surface area contributed by atoms with Gasteiger partial charge in [-0.15, -0.1) is 0 Å². The van der Waals surface area contributed by atoms with Gasteiger partial charge in [0.2, 0.25) is 6.29 Å². The summed E-state index contributed by atoms with van der Waals surface area (Å²) in [4.78, 5) is 10.9. The maximum atomic E-state index is 11.4. The van der Waals surface area contributed by atoms with Crippen molar-refractivity contribution in [3.8, 4) is 0 Å². The van der Waals surface area contributed by atoms with Gasteiger partial charge in [-0.25, -0.2) is 8.42 Å². The van der Waals surface area contributed by atoms with Crippen LogP contribution < -0.4 is 0 Å². The number of benzene rings is 2. The summed E-state index contributed by atoms with van der Waals surface area (Å²) in [5.74, 6) is 0. The highest BCUT2D eigenvalue weighted by Gasteiger charge is 2.08. The molecular weight excluding hydrogens is 224 g/mol. The van der Waals surface area contributed by atoms with E-state index in [1.165, 1.54) is 6.07 Å². The van der Waals surface area contributed by atoms with Crippen LogP contribution >= 0.6 is 0 Å². The zero-order valence-corrected chi connectivity index (χ0v) is 9.41. The fourth-order valence-electron chi connectivity index (χ4n) is 1.58. The van der Waals surface area contributed by atoms with Gasteiger partial charge in [0.1, 0.15) is 0 Å². The van der Waals surface area contributed by atoms with Crippen LogP contribution in [0.2, 0.25) is 0 Å². The van der Waals surface area contributed by atoms with E-state index in [0.717, 1.165) is 11.6 Å². The SMILES string of the molecule is CS(=O)(=O)c1ccc2c([C]=O)cccc2c1. The lowest BCUT2D eigenvalue weighted by atomic mass is 10.1. The number of hydrogen-bond acceptors (Lipinski definition) is 3. The molecule has 2 aromatic rings. The van der Waals surface area contributed by atoms with Gasteiger partial charge in [0.05, 0.1) is 4.90 Å². The highest BCUT2D eigenvalue weighted by atomic mass is 32.2. The minimum atomic E-state index is -3.21. The van der Waals surface area contributed by atoms with Gasteiger partial charge in [-0.2, -0.15) is 0 Å². The van der Waals surface area contributed by atoms with Crippen molar-refractivity contribution < 1.29 is 13.2 Å². The number of carbonyl (C=O) groups excluding carboxylic acids is 1. The maximum Gasteiger partial charge on any atom is 0.234 e. The first-order chi connectivity index (χ1) is 7.52. The Balaban J connectivity index is 2.79. The summed E-state index contributed by atoms with van der Waals surface area (Å²) >= 11 is 0. The molecule has 0 fully saturated rings. The third-order valence-electron chi connectivity index (χ3n) is 2.39. The second-order valence-electron chi connectivity index (χ2n) is 3.56. The molecule has 0 saturated heterocycles. The van der Waals surface area contributed by atoms with E-state index in [4.69, 9.17) is 0 Å². The van der Waals surface area contributed by atoms with Crippen molar-refractivity contribution in [1.29, 1.82) is 0 Å². The van der Waals surface area contributed by atoms with Crippen LogP contribution in [-0.4, -0.2) is 21.0 Å². The van der Waals surface area contributed by atoms with Crippen LogP contribution in [-0.2, 0) is 14.6 Å². The largest absolute Gasteiger partial charge is 0.285 e. The standard InChI is InChI=1S/C12H9O3S/c1-16(14,15)11-5-6-12-9(7-11)3-2-4-10(12)8-13/h2-7H,1H3. The second-order valence-corrected chi connectivity index (χ2v) is 5.58. The minimum absolute atomic E-state index is 0.253. The number of rotatable bonds is 2. The van der Waals surface area contributed by atoms with E-state index in [0.29, 0.717) is 10.9 Å². The van der Waals surface area contributed by atoms with Crippen LogP contribution in [0.4, 0.5) is 0 Å². The Bertz CT molecular complexity index is 657. The van der Waals surface area contributed by atoms with Gasteiger partial charge in [-0.1, -0.05) is 24.3 Å². The number of sulfone groups is 1. The smallest absolute Gasteiger partial charge is 0.234 e. The van der Waals surface area contributed by atoms with Crippen LogP contribution in [0, 0.1) is 0 Å². The van der Waals surface area contributed by atoms with Crippen molar-refractivity contribution >= 4 is 26.9 Å². The van der Waals surface area contributed by atoms with E-state index in [2.05, 4.69) is 0 Å². The first kappa shape index (κ1) is 10.8. The molecule has 16 heavy (non-hydrogen) atoms. The normalized spacial score (nSPS) is 11.6. The molecule has 0 aromatic heterocycles. The van der Waals surface area contributed by atoms with E-state index >= 15 is 0 Å². The first-order valence-corrected chi connectivity index (χ1v) is 6.52. The lowest BCUT2D eigenvalue weighted by Crippen LogP contribution is -1.96. The molecule has 81 valence electrons. The molecular formula is C12H9O3S. The summed E-state index contributed by atoms with van der Waals surface area (Å²) < 4.78 is 22.7. The van der Waals surface area contributed by atoms with Crippen LogP contribution in [0.3, 0.4) is 0 Å². The van der Waals surface area contributed by atoms with Crippen molar-refractivity contribution in [1.82, 2.24) is 0 Å². The van der Waals surface area contributed by atoms with E-state index in [-0.39, 0.29) is 4.90 Å². The second kappa shape index (κ2) is 3.72. The highest BCUT2D eigenvalue weighted by Crippen LogP contribution is 2.21. The first-order valence-electron chi connectivity index (χ1n) is 4.63. The van der Waals surface area contributed by atoms with Gasteiger partial charge < -0.3 is 0 Å². The maximum absolute atomic E-state index is 11.4. The lowest BCUT2D eigenvalue weighted by Gasteiger charge is -2.03. The summed E-state index contributed by atoms with van der Waals surface area (Å²) in [6.07, 6.45) is 2.99. The van der Waals surface area contributed by atoms with Gasteiger partial charge in [0.15, 0.2) is 9.84 Å². The van der Waals surface area contributed by atoms with Crippen molar-refractivity contribution in [2.75, 3.05) is 6.26 Å². The molecule has 0 saturated carbocycles. The molecule has 0 bridgehead atoms. The zero-order valence-electron chi connectivity index (χ0n) is 8.60. The Morgan fingerprint density at radius 2 is 1.88 bits per heavy atom. The predicted octanol–water partition coefficient (Wildman–Crippen LogP) is 1.70. The molecule has 0 N–H and O–H groups in total. The van der Waals surface area contributed by atoms with Gasteiger partial charge in [0.25, 0.3) is 0 Å². The average Bonchev–Trinajstić information content (AvgIpc) is 2.26. The van der Waals surface area contributed by atoms with E-state index < -0.39 is 9.84 Å². The zero-order chi connectivity index (χ0) is 11.8. The van der Waals surface area contributed by atoms with Crippen LogP contribution in [0.1, 0.15) is 5.56 Å². The molecule has 0 aliphatic heterocycles. The monoisotopic (exact) mass is 233 g/mol. The van der Waals surface area contributed by atoms with Gasteiger partial charge in [-0.05, 0) is 22.9 Å². The molecule has 0 heterocycles. The third kappa shape index (κ3) is 1.84. The molecule has 0 spiro atoms. The molecule has 4 heteroatoms. The molecule has 0 amide bonds. The molecule has 0 aliphatic carbocycles. The van der Waals surface area contributed by atoms with E-state index in [1.54, 1.807) is 30.3 Å². The Morgan fingerprint density at radius 1 is 1.12 bits per heavy atom. The molecule has 0 unspecified atom stereocenters. The van der Waals surface area contributed by atoms with E-state index in [9.17, 15) is 13.2 Å². The summed E-state index contributed by atoms with van der Waals surface area (Å²) in [5, 5.41) is 1.44. The Labute approximate surface area is 93.6 Å². The van der Waals surface area contributed by atoms with Gasteiger partial charge in [-0.3, -0.25) is 4.79 Å². The van der Waals surface area contributed by atoms with Crippen LogP contribution in [0.5, 0.6) is 0 Å². The molecule has 1 radical (unpaired) electrons. The molecule has 0 aliphatic rings. The van der Waals surface area contributed by atoms with Crippen molar-refractivity contribution in [3.05, 3.63) is 42.0 Å².